The van der Waals surface area contributed by atoms with Gasteiger partial charge in [-0.25, -0.2) is 0 Å². The first-order valence-corrected chi connectivity index (χ1v) is 6.41. The summed E-state index contributed by atoms with van der Waals surface area (Å²) in [6.45, 7) is 8.73. The molecule has 0 aromatic carbocycles. The Hall–Kier alpha value is -1.76. The lowest BCUT2D eigenvalue weighted by Crippen LogP contribution is -2.27. The third kappa shape index (κ3) is 1.80. The van der Waals surface area contributed by atoms with E-state index in [1.807, 2.05) is 13.8 Å². The van der Waals surface area contributed by atoms with Gasteiger partial charge in [-0.3, -0.25) is 9.69 Å². The fourth-order valence-electron chi connectivity index (χ4n) is 2.70. The van der Waals surface area contributed by atoms with Gasteiger partial charge in [-0.15, -0.1) is 0 Å². The average Bonchev–Trinajstić information content (AvgIpc) is 2.80. The number of hydrogen-bond acceptors (Lipinski definition) is 2. The number of aromatic amines is 1. The van der Waals surface area contributed by atoms with Crippen LogP contribution < -0.4 is 4.90 Å². The predicted molar refractivity (Wildman–Crippen MR) is 70.5 cm³/mol. The molecule has 1 amide bonds. The van der Waals surface area contributed by atoms with Crippen LogP contribution in [0.25, 0.3) is 0 Å². The summed E-state index contributed by atoms with van der Waals surface area (Å²) in [4.78, 5) is 17.0. The number of aromatic nitrogens is 1. The van der Waals surface area contributed by atoms with Gasteiger partial charge in [-0.1, -0.05) is 20.8 Å². The SMILES string of the molecule is Cc1[nH]c(N2CCC(C)C2=O)c(C#N)c1C(C)C. The maximum Gasteiger partial charge on any atom is 0.231 e. The van der Waals surface area contributed by atoms with Gasteiger partial charge in [-0.05, 0) is 24.8 Å². The molecule has 1 aromatic heterocycles. The normalized spacial score (nSPS) is 19.7. The van der Waals surface area contributed by atoms with Crippen LogP contribution in [-0.4, -0.2) is 17.4 Å². The quantitative estimate of drug-likeness (QED) is 0.870. The van der Waals surface area contributed by atoms with Gasteiger partial charge in [-0.2, -0.15) is 5.26 Å². The zero-order chi connectivity index (χ0) is 13.4. The van der Waals surface area contributed by atoms with Crippen molar-refractivity contribution in [3.63, 3.8) is 0 Å². The van der Waals surface area contributed by atoms with Crippen molar-refractivity contribution >= 4 is 11.7 Å². The van der Waals surface area contributed by atoms with Crippen molar-refractivity contribution in [1.82, 2.24) is 4.98 Å². The Labute approximate surface area is 108 Å². The van der Waals surface area contributed by atoms with E-state index < -0.39 is 0 Å². The maximum atomic E-state index is 12.1. The molecule has 1 saturated heterocycles. The minimum absolute atomic E-state index is 0.0580. The summed E-state index contributed by atoms with van der Waals surface area (Å²) in [7, 11) is 0. The highest BCUT2D eigenvalue weighted by Gasteiger charge is 2.33. The fraction of sp³-hybridized carbons (Fsp3) is 0.571. The van der Waals surface area contributed by atoms with Gasteiger partial charge in [0.1, 0.15) is 11.9 Å². The van der Waals surface area contributed by atoms with E-state index in [1.54, 1.807) is 4.90 Å². The largest absolute Gasteiger partial charge is 0.344 e. The minimum atomic E-state index is 0.0580. The summed E-state index contributed by atoms with van der Waals surface area (Å²) in [6, 6.07) is 2.25. The zero-order valence-electron chi connectivity index (χ0n) is 11.4. The molecular formula is C14H19N3O. The molecule has 4 heteroatoms. The summed E-state index contributed by atoms with van der Waals surface area (Å²) < 4.78 is 0. The Bertz CT molecular complexity index is 522. The maximum absolute atomic E-state index is 12.1. The van der Waals surface area contributed by atoms with Gasteiger partial charge in [0.2, 0.25) is 5.91 Å². The number of aryl methyl sites for hydroxylation is 1. The number of nitrogens with one attached hydrogen (secondary N) is 1. The average molecular weight is 245 g/mol. The first kappa shape index (κ1) is 12.7. The predicted octanol–water partition coefficient (Wildman–Crippen LogP) is 2.69. The number of carbonyl (C=O) groups is 1. The molecule has 1 N–H and O–H groups in total. The second-order valence-electron chi connectivity index (χ2n) is 5.33. The van der Waals surface area contributed by atoms with E-state index in [0.29, 0.717) is 17.9 Å². The summed E-state index contributed by atoms with van der Waals surface area (Å²) in [5, 5.41) is 9.37. The second kappa shape index (κ2) is 4.49. The Morgan fingerprint density at radius 2 is 2.17 bits per heavy atom. The highest BCUT2D eigenvalue weighted by atomic mass is 16.2. The highest BCUT2D eigenvalue weighted by molar-refractivity contribution is 5.97. The number of hydrogen-bond donors (Lipinski definition) is 1. The van der Waals surface area contributed by atoms with Crippen molar-refractivity contribution in [2.75, 3.05) is 11.4 Å². The summed E-state index contributed by atoms with van der Waals surface area (Å²) >= 11 is 0. The molecule has 2 rings (SSSR count). The van der Waals surface area contributed by atoms with Gasteiger partial charge in [0.05, 0.1) is 5.56 Å². The number of anilines is 1. The van der Waals surface area contributed by atoms with Crippen molar-refractivity contribution in [2.45, 2.75) is 40.0 Å². The molecular weight excluding hydrogens is 226 g/mol. The van der Waals surface area contributed by atoms with Gasteiger partial charge < -0.3 is 4.98 Å². The van der Waals surface area contributed by atoms with Crippen molar-refractivity contribution in [3.8, 4) is 6.07 Å². The molecule has 1 unspecified atom stereocenters. The van der Waals surface area contributed by atoms with Crippen LogP contribution in [0.4, 0.5) is 5.82 Å². The third-order valence-electron chi connectivity index (χ3n) is 3.65. The Morgan fingerprint density at radius 3 is 2.61 bits per heavy atom. The molecule has 2 heterocycles. The van der Waals surface area contributed by atoms with E-state index in [2.05, 4.69) is 24.9 Å². The fourth-order valence-corrected chi connectivity index (χ4v) is 2.70. The molecule has 1 fully saturated rings. The van der Waals surface area contributed by atoms with Gasteiger partial charge >= 0.3 is 0 Å². The summed E-state index contributed by atoms with van der Waals surface area (Å²) in [5.74, 6) is 1.14. The minimum Gasteiger partial charge on any atom is -0.344 e. The number of amides is 1. The van der Waals surface area contributed by atoms with Gasteiger partial charge in [0, 0.05) is 18.2 Å². The monoisotopic (exact) mass is 245 g/mol. The summed E-state index contributed by atoms with van der Waals surface area (Å²) in [6.07, 6.45) is 0.860. The number of rotatable bonds is 2. The lowest BCUT2D eigenvalue weighted by molar-refractivity contribution is -0.119. The number of carbonyl (C=O) groups excluding carboxylic acids is 1. The first-order chi connectivity index (χ1) is 8.47. The third-order valence-corrected chi connectivity index (χ3v) is 3.65. The Balaban J connectivity index is 2.50. The molecule has 0 saturated carbocycles. The molecule has 1 atom stereocenters. The van der Waals surface area contributed by atoms with Crippen molar-refractivity contribution in [2.24, 2.45) is 5.92 Å². The van der Waals surface area contributed by atoms with Crippen molar-refractivity contribution in [3.05, 3.63) is 16.8 Å². The van der Waals surface area contributed by atoms with E-state index in [4.69, 9.17) is 0 Å². The molecule has 1 aliphatic heterocycles. The molecule has 0 radical (unpaired) electrons. The molecule has 0 bridgehead atoms. The van der Waals surface area contributed by atoms with Crippen LogP contribution in [0.3, 0.4) is 0 Å². The van der Waals surface area contributed by atoms with E-state index in [-0.39, 0.29) is 17.7 Å². The van der Waals surface area contributed by atoms with Crippen LogP contribution in [0.1, 0.15) is 49.9 Å². The van der Waals surface area contributed by atoms with Crippen LogP contribution in [0.2, 0.25) is 0 Å². The lowest BCUT2D eigenvalue weighted by atomic mass is 9.99. The molecule has 1 aromatic rings. The van der Waals surface area contributed by atoms with Crippen LogP contribution in [0.15, 0.2) is 0 Å². The van der Waals surface area contributed by atoms with Crippen molar-refractivity contribution in [1.29, 1.82) is 5.26 Å². The standard InChI is InChI=1S/C14H19N3O/c1-8(2)12-10(4)16-13(11(12)7-15)17-6-5-9(3)14(17)18/h8-9,16H,5-6H2,1-4H3. The Kier molecular flexibility index (Phi) is 3.16. The smallest absolute Gasteiger partial charge is 0.231 e. The number of nitrogens with zero attached hydrogens (tertiary/aromatic N) is 2. The van der Waals surface area contributed by atoms with Crippen LogP contribution >= 0.6 is 0 Å². The highest BCUT2D eigenvalue weighted by Crippen LogP contribution is 2.34. The summed E-state index contributed by atoms with van der Waals surface area (Å²) in [5.41, 5.74) is 2.65. The first-order valence-electron chi connectivity index (χ1n) is 6.41. The topological polar surface area (TPSA) is 59.9 Å². The van der Waals surface area contributed by atoms with E-state index in [0.717, 1.165) is 17.7 Å². The molecule has 0 aliphatic carbocycles. The number of nitriles is 1. The van der Waals surface area contributed by atoms with E-state index >= 15 is 0 Å². The molecule has 4 nitrogen and oxygen atoms in total. The van der Waals surface area contributed by atoms with E-state index in [1.165, 1.54) is 0 Å². The zero-order valence-corrected chi connectivity index (χ0v) is 11.4. The molecule has 1 aliphatic rings. The lowest BCUT2D eigenvalue weighted by Gasteiger charge is -2.15. The molecule has 0 spiro atoms. The van der Waals surface area contributed by atoms with Crippen molar-refractivity contribution < 1.29 is 4.79 Å². The second-order valence-corrected chi connectivity index (χ2v) is 5.33. The Morgan fingerprint density at radius 1 is 1.50 bits per heavy atom. The van der Waals surface area contributed by atoms with E-state index in [9.17, 15) is 10.1 Å². The van der Waals surface area contributed by atoms with Crippen LogP contribution in [0, 0.1) is 24.2 Å². The number of H-pyrrole nitrogens is 1. The van der Waals surface area contributed by atoms with Gasteiger partial charge in [0.15, 0.2) is 0 Å². The van der Waals surface area contributed by atoms with Crippen LogP contribution in [-0.2, 0) is 4.79 Å². The molecule has 96 valence electrons. The molecule has 18 heavy (non-hydrogen) atoms. The van der Waals surface area contributed by atoms with Crippen LogP contribution in [0.5, 0.6) is 0 Å². The van der Waals surface area contributed by atoms with Gasteiger partial charge in [0.25, 0.3) is 0 Å².